The van der Waals surface area contributed by atoms with Crippen LogP contribution in [-0.4, -0.2) is 19.8 Å². The minimum absolute atomic E-state index is 0.215. The Morgan fingerprint density at radius 2 is 1.18 bits per heavy atom. The van der Waals surface area contributed by atoms with E-state index in [9.17, 15) is 0 Å². The topological polar surface area (TPSA) is 15.3 Å². The van der Waals surface area contributed by atoms with Crippen molar-refractivity contribution in [2.75, 3.05) is 18.0 Å². The van der Waals surface area contributed by atoms with Crippen molar-refractivity contribution < 1.29 is 0 Å². The zero-order valence-corrected chi connectivity index (χ0v) is 22.0. The molecule has 2 unspecified atom stereocenters. The number of nitrogens with one attached hydrogen (secondary N) is 1. The molecule has 3 aliphatic rings. The minimum atomic E-state index is -0.215. The standard InChI is InChI=1S/C36H31BN2/c1-3-13-26(14-4-1)37-32-20-10-7-17-28(32)36(29-23-24-38-25-33(29)37)30-18-8-11-21-34(30)39(27-15-5-2-6-16-27)35-22-12-9-19-31(35)36/h1-22,29,33,38H,23-25H2. The maximum atomic E-state index is 3.81. The summed E-state index contributed by atoms with van der Waals surface area (Å²) < 4.78 is 0. The van der Waals surface area contributed by atoms with Gasteiger partial charge in [-0.15, -0.1) is 0 Å². The number of anilines is 3. The molecule has 0 aliphatic carbocycles. The fourth-order valence-corrected chi connectivity index (χ4v) is 8.24. The van der Waals surface area contributed by atoms with Crippen LogP contribution in [0.15, 0.2) is 133 Å². The summed E-state index contributed by atoms with van der Waals surface area (Å²) in [4.78, 5) is 2.48. The highest BCUT2D eigenvalue weighted by molar-refractivity contribution is 6.87. The molecular weight excluding hydrogens is 471 g/mol. The van der Waals surface area contributed by atoms with Crippen molar-refractivity contribution in [3.05, 3.63) is 150 Å². The largest absolute Gasteiger partial charge is 0.317 e. The van der Waals surface area contributed by atoms with Crippen LogP contribution in [0.4, 0.5) is 17.1 Å². The Morgan fingerprint density at radius 3 is 1.87 bits per heavy atom. The van der Waals surface area contributed by atoms with E-state index in [1.165, 1.54) is 44.7 Å². The highest BCUT2D eigenvalue weighted by Gasteiger charge is 2.58. The van der Waals surface area contributed by atoms with Crippen LogP contribution in [0.1, 0.15) is 23.1 Å². The zero-order chi connectivity index (χ0) is 25.8. The number of hydrogen-bond acceptors (Lipinski definition) is 2. The van der Waals surface area contributed by atoms with Gasteiger partial charge in [0.1, 0.15) is 0 Å². The summed E-state index contributed by atoms with van der Waals surface area (Å²) in [6.07, 6.45) is 1.15. The summed E-state index contributed by atoms with van der Waals surface area (Å²) in [7, 11) is 0. The van der Waals surface area contributed by atoms with Crippen molar-refractivity contribution in [3.8, 4) is 0 Å². The van der Waals surface area contributed by atoms with Crippen LogP contribution in [0, 0.1) is 5.92 Å². The first-order valence-electron chi connectivity index (χ1n) is 14.3. The fraction of sp³-hybridized carbons (Fsp3) is 0.167. The van der Waals surface area contributed by atoms with Gasteiger partial charge in [0.15, 0.2) is 0 Å². The van der Waals surface area contributed by atoms with Gasteiger partial charge in [0.2, 0.25) is 6.71 Å². The van der Waals surface area contributed by atoms with Gasteiger partial charge in [-0.05, 0) is 72.2 Å². The van der Waals surface area contributed by atoms with E-state index < -0.39 is 0 Å². The molecule has 1 N–H and O–H groups in total. The first-order valence-corrected chi connectivity index (χ1v) is 14.3. The summed E-state index contributed by atoms with van der Waals surface area (Å²) in [5.74, 6) is 0.958. The van der Waals surface area contributed by atoms with Gasteiger partial charge in [0.05, 0.1) is 16.8 Å². The predicted molar refractivity (Wildman–Crippen MR) is 164 cm³/mol. The SMILES string of the molecule is c1ccc(B2c3ccccc3C3(c4ccccc4N(c4ccccc4)c4ccccc43)C3CCNCC23)cc1. The van der Waals surface area contributed by atoms with Gasteiger partial charge >= 0.3 is 0 Å². The highest BCUT2D eigenvalue weighted by atomic mass is 15.2. The Labute approximate surface area is 231 Å². The normalized spacial score (nSPS) is 20.5. The third-order valence-corrected chi connectivity index (χ3v) is 9.55. The monoisotopic (exact) mass is 502 g/mol. The Balaban J connectivity index is 1.48. The molecule has 2 atom stereocenters. The van der Waals surface area contributed by atoms with Crippen molar-refractivity contribution >= 4 is 34.7 Å². The molecule has 0 saturated carbocycles. The molecule has 1 spiro atoms. The first-order chi connectivity index (χ1) is 19.4. The molecule has 2 nitrogen and oxygen atoms in total. The average molecular weight is 502 g/mol. The van der Waals surface area contributed by atoms with Gasteiger partial charge in [0.25, 0.3) is 0 Å². The van der Waals surface area contributed by atoms with Crippen molar-refractivity contribution in [1.82, 2.24) is 5.32 Å². The molecule has 3 heteroatoms. The van der Waals surface area contributed by atoms with Crippen LogP contribution >= 0.6 is 0 Å². The van der Waals surface area contributed by atoms with Gasteiger partial charge in [-0.3, -0.25) is 0 Å². The Bertz CT molecular complexity index is 1600. The lowest BCUT2D eigenvalue weighted by Crippen LogP contribution is -2.64. The van der Waals surface area contributed by atoms with Crippen molar-refractivity contribution in [2.24, 2.45) is 5.92 Å². The van der Waals surface area contributed by atoms with E-state index in [1.807, 2.05) is 0 Å². The van der Waals surface area contributed by atoms with E-state index in [2.05, 4.69) is 144 Å². The van der Waals surface area contributed by atoms with Crippen molar-refractivity contribution in [1.29, 1.82) is 0 Å². The Morgan fingerprint density at radius 1 is 0.615 bits per heavy atom. The van der Waals surface area contributed by atoms with Crippen molar-refractivity contribution in [2.45, 2.75) is 17.7 Å². The molecule has 0 aromatic heterocycles. The number of nitrogens with zero attached hydrogens (tertiary/aromatic N) is 1. The molecule has 3 heterocycles. The van der Waals surface area contributed by atoms with Crippen LogP contribution in [0.3, 0.4) is 0 Å². The molecule has 5 aromatic rings. The fourth-order valence-electron chi connectivity index (χ4n) is 8.24. The number of para-hydroxylation sites is 3. The molecular formula is C36H31BN2. The molecule has 5 aromatic carbocycles. The van der Waals surface area contributed by atoms with Crippen LogP contribution in [0.2, 0.25) is 5.82 Å². The molecule has 8 rings (SSSR count). The Hall–Kier alpha value is -4.08. The van der Waals surface area contributed by atoms with E-state index in [0.29, 0.717) is 18.4 Å². The van der Waals surface area contributed by atoms with E-state index in [0.717, 1.165) is 19.5 Å². The lowest BCUT2D eigenvalue weighted by atomic mass is 9.24. The maximum Gasteiger partial charge on any atom is 0.214 e. The summed E-state index contributed by atoms with van der Waals surface area (Å²) in [6, 6.07) is 49.9. The second-order valence-corrected chi connectivity index (χ2v) is 11.3. The lowest BCUT2D eigenvalue weighted by Gasteiger charge is -2.57. The molecule has 3 aliphatic heterocycles. The minimum Gasteiger partial charge on any atom is -0.317 e. The third-order valence-electron chi connectivity index (χ3n) is 9.55. The number of rotatable bonds is 2. The Kier molecular flexibility index (Phi) is 5.28. The number of piperidine rings is 1. The lowest BCUT2D eigenvalue weighted by molar-refractivity contribution is 0.276. The van der Waals surface area contributed by atoms with E-state index in [1.54, 1.807) is 0 Å². The smallest absolute Gasteiger partial charge is 0.214 e. The summed E-state index contributed by atoms with van der Waals surface area (Å²) in [5.41, 5.74) is 10.8. The zero-order valence-electron chi connectivity index (χ0n) is 22.0. The summed E-state index contributed by atoms with van der Waals surface area (Å²) >= 11 is 0. The molecule has 0 bridgehead atoms. The highest BCUT2D eigenvalue weighted by Crippen LogP contribution is 2.62. The van der Waals surface area contributed by atoms with Gasteiger partial charge in [-0.25, -0.2) is 0 Å². The molecule has 188 valence electrons. The van der Waals surface area contributed by atoms with E-state index >= 15 is 0 Å². The predicted octanol–water partition coefficient (Wildman–Crippen LogP) is 6.41. The number of benzene rings is 5. The quantitative estimate of drug-likeness (QED) is 0.281. The molecule has 39 heavy (non-hydrogen) atoms. The molecule has 0 amide bonds. The number of fused-ring (bicyclic) bond motifs is 8. The maximum absolute atomic E-state index is 3.81. The van der Waals surface area contributed by atoms with Gasteiger partial charge in [-0.1, -0.05) is 120 Å². The van der Waals surface area contributed by atoms with Gasteiger partial charge in [0, 0.05) is 5.69 Å². The van der Waals surface area contributed by atoms with E-state index in [-0.39, 0.29) is 5.41 Å². The molecule has 1 fully saturated rings. The second kappa shape index (κ2) is 9.00. The van der Waals surface area contributed by atoms with Gasteiger partial charge in [-0.2, -0.15) is 0 Å². The number of hydrogen-bond donors (Lipinski definition) is 1. The van der Waals surface area contributed by atoms with Gasteiger partial charge < -0.3 is 10.2 Å². The molecule has 0 radical (unpaired) electrons. The van der Waals surface area contributed by atoms with Crippen LogP contribution in [0.25, 0.3) is 0 Å². The summed E-state index contributed by atoms with van der Waals surface area (Å²) in [5, 5.41) is 3.81. The van der Waals surface area contributed by atoms with E-state index in [4.69, 9.17) is 0 Å². The van der Waals surface area contributed by atoms with Crippen molar-refractivity contribution in [3.63, 3.8) is 0 Å². The average Bonchev–Trinajstić information content (AvgIpc) is 3.02. The van der Waals surface area contributed by atoms with Crippen LogP contribution < -0.4 is 21.1 Å². The second-order valence-electron chi connectivity index (χ2n) is 11.3. The summed E-state index contributed by atoms with van der Waals surface area (Å²) in [6.45, 7) is 2.46. The van der Waals surface area contributed by atoms with Crippen LogP contribution in [0.5, 0.6) is 0 Å². The molecule has 1 saturated heterocycles. The first kappa shape index (κ1) is 22.9. The van der Waals surface area contributed by atoms with Crippen LogP contribution in [-0.2, 0) is 5.41 Å². The third kappa shape index (κ3) is 3.20.